The Hall–Kier alpha value is -2.50. The van der Waals surface area contributed by atoms with Gasteiger partial charge in [-0.15, -0.1) is 11.6 Å². The SMILES string of the molecule is Cc1ccc(-c2cc(OC[C@H](Cl)CCCN)cc(-c3ccc(F)c(F)c3)c2)cc1F. The Balaban J connectivity index is 1.98. The number of nitrogens with two attached hydrogens (primary N) is 1. The van der Waals surface area contributed by atoms with E-state index >= 15 is 0 Å². The Labute approximate surface area is 179 Å². The number of ether oxygens (including phenoxy) is 1. The molecule has 0 fully saturated rings. The lowest BCUT2D eigenvalue weighted by atomic mass is 9.97. The highest BCUT2D eigenvalue weighted by atomic mass is 35.5. The van der Waals surface area contributed by atoms with Gasteiger partial charge < -0.3 is 10.5 Å². The smallest absolute Gasteiger partial charge is 0.159 e. The number of aryl methyl sites for hydroxylation is 1. The molecule has 1 atom stereocenters. The van der Waals surface area contributed by atoms with Crippen molar-refractivity contribution in [2.75, 3.05) is 13.2 Å². The second-order valence-electron chi connectivity index (χ2n) is 7.18. The topological polar surface area (TPSA) is 35.2 Å². The number of hydrogen-bond acceptors (Lipinski definition) is 2. The minimum atomic E-state index is -0.940. The summed E-state index contributed by atoms with van der Waals surface area (Å²) in [6, 6.07) is 13.9. The molecule has 0 saturated carbocycles. The van der Waals surface area contributed by atoms with Crippen LogP contribution in [0.15, 0.2) is 54.6 Å². The third-order valence-electron chi connectivity index (χ3n) is 4.82. The first-order chi connectivity index (χ1) is 14.4. The van der Waals surface area contributed by atoms with Crippen LogP contribution >= 0.6 is 11.6 Å². The molecule has 3 rings (SSSR count). The molecule has 0 aliphatic heterocycles. The van der Waals surface area contributed by atoms with Gasteiger partial charge >= 0.3 is 0 Å². The highest BCUT2D eigenvalue weighted by Gasteiger charge is 2.12. The van der Waals surface area contributed by atoms with Gasteiger partial charge in [0.1, 0.15) is 18.2 Å². The summed E-state index contributed by atoms with van der Waals surface area (Å²) in [4.78, 5) is 0. The predicted molar refractivity (Wildman–Crippen MR) is 115 cm³/mol. The molecule has 0 aliphatic rings. The summed E-state index contributed by atoms with van der Waals surface area (Å²) >= 11 is 6.28. The van der Waals surface area contributed by atoms with Gasteiger partial charge in [-0.1, -0.05) is 18.2 Å². The van der Waals surface area contributed by atoms with Gasteiger partial charge in [-0.25, -0.2) is 13.2 Å². The van der Waals surface area contributed by atoms with E-state index in [1.807, 2.05) is 0 Å². The van der Waals surface area contributed by atoms with E-state index < -0.39 is 11.6 Å². The first kappa shape index (κ1) is 22.2. The maximum absolute atomic E-state index is 14.1. The van der Waals surface area contributed by atoms with E-state index in [1.165, 1.54) is 12.1 Å². The van der Waals surface area contributed by atoms with Crippen molar-refractivity contribution in [1.82, 2.24) is 0 Å². The maximum Gasteiger partial charge on any atom is 0.159 e. The molecule has 2 nitrogen and oxygen atoms in total. The van der Waals surface area contributed by atoms with E-state index in [-0.39, 0.29) is 17.8 Å². The van der Waals surface area contributed by atoms with Crippen LogP contribution in [-0.4, -0.2) is 18.5 Å². The monoisotopic (exact) mass is 433 g/mol. The molecule has 0 aromatic heterocycles. The lowest BCUT2D eigenvalue weighted by Gasteiger charge is -2.15. The molecule has 2 N–H and O–H groups in total. The third kappa shape index (κ3) is 5.55. The fourth-order valence-electron chi connectivity index (χ4n) is 3.07. The summed E-state index contributed by atoms with van der Waals surface area (Å²) in [5, 5.41) is -0.208. The molecule has 0 amide bonds. The van der Waals surface area contributed by atoms with Crippen molar-refractivity contribution in [3.05, 3.63) is 77.6 Å². The van der Waals surface area contributed by atoms with Crippen molar-refractivity contribution < 1.29 is 17.9 Å². The van der Waals surface area contributed by atoms with Gasteiger partial charge in [0.15, 0.2) is 11.6 Å². The molecular weight excluding hydrogens is 411 g/mol. The summed E-state index contributed by atoms with van der Waals surface area (Å²) in [6.07, 6.45) is 1.51. The molecule has 30 heavy (non-hydrogen) atoms. The number of halogens is 4. The standard InChI is InChI=1S/C24H23ClF3NO/c1-15-4-5-16(12-23(15)27)18-9-19(17-6-7-22(26)24(28)13-17)11-21(10-18)30-14-20(25)3-2-8-29/h4-7,9-13,20H,2-3,8,14,29H2,1H3/t20-/m1/s1. The maximum atomic E-state index is 14.1. The molecule has 6 heteroatoms. The zero-order chi connectivity index (χ0) is 21.7. The second kappa shape index (κ2) is 10.0. The van der Waals surface area contributed by atoms with Gasteiger partial charge in [-0.2, -0.15) is 0 Å². The van der Waals surface area contributed by atoms with Crippen LogP contribution < -0.4 is 10.5 Å². The second-order valence-corrected chi connectivity index (χ2v) is 7.80. The minimum Gasteiger partial charge on any atom is -0.492 e. The normalized spacial score (nSPS) is 12.1. The highest BCUT2D eigenvalue weighted by Crippen LogP contribution is 2.33. The summed E-state index contributed by atoms with van der Waals surface area (Å²) in [7, 11) is 0. The van der Waals surface area contributed by atoms with Gasteiger partial charge in [-0.05, 0) is 90.5 Å². The first-order valence-electron chi connectivity index (χ1n) is 9.71. The van der Waals surface area contributed by atoms with E-state index in [9.17, 15) is 13.2 Å². The average Bonchev–Trinajstić information content (AvgIpc) is 2.74. The van der Waals surface area contributed by atoms with Crippen LogP contribution in [0.5, 0.6) is 5.75 Å². The Morgan fingerprint density at radius 1 is 0.833 bits per heavy atom. The van der Waals surface area contributed by atoms with Crippen molar-refractivity contribution in [1.29, 1.82) is 0 Å². The van der Waals surface area contributed by atoms with Crippen LogP contribution in [0.2, 0.25) is 0 Å². The first-order valence-corrected chi connectivity index (χ1v) is 10.1. The fourth-order valence-corrected chi connectivity index (χ4v) is 3.29. The van der Waals surface area contributed by atoms with Gasteiger partial charge in [0.25, 0.3) is 0 Å². The van der Waals surface area contributed by atoms with Crippen molar-refractivity contribution in [3.63, 3.8) is 0 Å². The Morgan fingerprint density at radius 3 is 2.07 bits per heavy atom. The van der Waals surface area contributed by atoms with Crippen LogP contribution in [-0.2, 0) is 0 Å². The molecule has 0 unspecified atom stereocenters. The van der Waals surface area contributed by atoms with Crippen LogP contribution in [0.3, 0.4) is 0 Å². The molecular formula is C24H23ClF3NO. The average molecular weight is 434 g/mol. The lowest BCUT2D eigenvalue weighted by molar-refractivity contribution is 0.309. The molecule has 0 aliphatic carbocycles. The van der Waals surface area contributed by atoms with Crippen molar-refractivity contribution in [2.24, 2.45) is 5.73 Å². The van der Waals surface area contributed by atoms with Crippen LogP contribution in [0.4, 0.5) is 13.2 Å². The Kier molecular flexibility index (Phi) is 7.40. The Morgan fingerprint density at radius 2 is 1.47 bits per heavy atom. The molecule has 0 saturated heterocycles. The zero-order valence-corrected chi connectivity index (χ0v) is 17.4. The zero-order valence-electron chi connectivity index (χ0n) is 16.6. The van der Waals surface area contributed by atoms with Crippen molar-refractivity contribution in [2.45, 2.75) is 25.1 Å². The van der Waals surface area contributed by atoms with Crippen LogP contribution in [0, 0.1) is 24.4 Å². The summed E-state index contributed by atoms with van der Waals surface area (Å²) < 4.78 is 47.1. The van der Waals surface area contributed by atoms with Crippen molar-refractivity contribution >= 4 is 11.6 Å². The summed E-state index contributed by atoms with van der Waals surface area (Å²) in [5.74, 6) is -1.68. The van der Waals surface area contributed by atoms with Gasteiger partial charge in [-0.3, -0.25) is 0 Å². The van der Waals surface area contributed by atoms with E-state index in [2.05, 4.69) is 0 Å². The van der Waals surface area contributed by atoms with E-state index in [0.29, 0.717) is 40.1 Å². The molecule has 0 spiro atoms. The van der Waals surface area contributed by atoms with Crippen LogP contribution in [0.25, 0.3) is 22.3 Å². The van der Waals surface area contributed by atoms with Gasteiger partial charge in [0, 0.05) is 0 Å². The quantitative estimate of drug-likeness (QED) is 0.413. The summed E-state index contributed by atoms with van der Waals surface area (Å²) in [5.41, 5.74) is 8.50. The molecule has 3 aromatic carbocycles. The van der Waals surface area contributed by atoms with Gasteiger partial charge in [0.05, 0.1) is 5.38 Å². The minimum absolute atomic E-state index is 0.208. The third-order valence-corrected chi connectivity index (χ3v) is 5.16. The van der Waals surface area contributed by atoms with E-state index in [4.69, 9.17) is 22.1 Å². The number of hydrogen-bond donors (Lipinski definition) is 1. The molecule has 0 radical (unpaired) electrons. The number of benzene rings is 3. The molecule has 0 heterocycles. The predicted octanol–water partition coefficient (Wildman–Crippen LogP) is 6.47. The highest BCUT2D eigenvalue weighted by molar-refractivity contribution is 6.20. The molecule has 3 aromatic rings. The number of rotatable bonds is 8. The van der Waals surface area contributed by atoms with Crippen LogP contribution in [0.1, 0.15) is 18.4 Å². The van der Waals surface area contributed by atoms with E-state index in [0.717, 1.165) is 25.0 Å². The van der Waals surface area contributed by atoms with Gasteiger partial charge in [0.2, 0.25) is 0 Å². The van der Waals surface area contributed by atoms with Crippen molar-refractivity contribution in [3.8, 4) is 28.0 Å². The van der Waals surface area contributed by atoms with E-state index in [1.54, 1.807) is 37.3 Å². The Bertz CT molecular complexity index is 956. The summed E-state index contributed by atoms with van der Waals surface area (Å²) in [6.45, 7) is 2.51. The fraction of sp³-hybridized carbons (Fsp3) is 0.250. The lowest BCUT2D eigenvalue weighted by Crippen LogP contribution is -2.13. The molecule has 158 valence electrons. The number of alkyl halides is 1. The largest absolute Gasteiger partial charge is 0.492 e. The molecule has 0 bridgehead atoms.